The maximum Gasteiger partial charge on any atom is 0.230 e. The minimum atomic E-state index is -0.0607. The SMILES string of the molecule is COc1cccc(-c2nc(CC(=O)Nc3ccc(C)cc3C)cs2)c1. The van der Waals surface area contributed by atoms with Crippen molar-refractivity contribution in [3.63, 3.8) is 0 Å². The summed E-state index contributed by atoms with van der Waals surface area (Å²) in [5.41, 5.74) is 4.84. The molecule has 3 rings (SSSR count). The minimum absolute atomic E-state index is 0.0607. The van der Waals surface area contributed by atoms with Gasteiger partial charge >= 0.3 is 0 Å². The molecule has 0 aliphatic heterocycles. The van der Waals surface area contributed by atoms with E-state index in [-0.39, 0.29) is 12.3 Å². The number of thiazole rings is 1. The molecule has 5 heteroatoms. The zero-order valence-corrected chi connectivity index (χ0v) is 15.3. The fourth-order valence-corrected chi connectivity index (χ4v) is 3.41. The first kappa shape index (κ1) is 17.2. The van der Waals surface area contributed by atoms with Crippen LogP contribution in [0.25, 0.3) is 10.6 Å². The van der Waals surface area contributed by atoms with Gasteiger partial charge in [0.1, 0.15) is 10.8 Å². The van der Waals surface area contributed by atoms with Gasteiger partial charge in [-0.15, -0.1) is 11.3 Å². The highest BCUT2D eigenvalue weighted by molar-refractivity contribution is 7.13. The lowest BCUT2D eigenvalue weighted by Crippen LogP contribution is -2.15. The van der Waals surface area contributed by atoms with E-state index in [1.54, 1.807) is 7.11 Å². The van der Waals surface area contributed by atoms with Crippen LogP contribution in [-0.2, 0) is 11.2 Å². The molecule has 128 valence electrons. The molecule has 0 spiro atoms. The molecule has 0 aliphatic rings. The highest BCUT2D eigenvalue weighted by atomic mass is 32.1. The van der Waals surface area contributed by atoms with Gasteiger partial charge in [0.2, 0.25) is 5.91 Å². The first-order valence-electron chi connectivity index (χ1n) is 8.01. The highest BCUT2D eigenvalue weighted by Crippen LogP contribution is 2.27. The summed E-state index contributed by atoms with van der Waals surface area (Å²) in [6, 6.07) is 13.7. The number of aromatic nitrogens is 1. The van der Waals surface area contributed by atoms with Crippen molar-refractivity contribution in [3.05, 3.63) is 64.7 Å². The van der Waals surface area contributed by atoms with E-state index in [1.807, 2.05) is 55.6 Å². The summed E-state index contributed by atoms with van der Waals surface area (Å²) in [6.45, 7) is 4.03. The van der Waals surface area contributed by atoms with Crippen molar-refractivity contribution in [2.24, 2.45) is 0 Å². The highest BCUT2D eigenvalue weighted by Gasteiger charge is 2.11. The lowest BCUT2D eigenvalue weighted by Gasteiger charge is -2.08. The summed E-state index contributed by atoms with van der Waals surface area (Å²) in [4.78, 5) is 16.9. The van der Waals surface area contributed by atoms with Crippen molar-refractivity contribution in [1.29, 1.82) is 0 Å². The van der Waals surface area contributed by atoms with Gasteiger partial charge in [0.25, 0.3) is 0 Å². The van der Waals surface area contributed by atoms with Gasteiger partial charge < -0.3 is 10.1 Å². The largest absolute Gasteiger partial charge is 0.497 e. The fraction of sp³-hybridized carbons (Fsp3) is 0.200. The van der Waals surface area contributed by atoms with E-state index in [2.05, 4.69) is 16.4 Å². The maximum absolute atomic E-state index is 12.3. The van der Waals surface area contributed by atoms with Gasteiger partial charge in [-0.2, -0.15) is 0 Å². The third-order valence-electron chi connectivity index (χ3n) is 3.87. The summed E-state index contributed by atoms with van der Waals surface area (Å²) in [6.07, 6.45) is 0.258. The Kier molecular flexibility index (Phi) is 5.14. The molecule has 1 amide bonds. The summed E-state index contributed by atoms with van der Waals surface area (Å²) in [7, 11) is 1.64. The molecule has 1 N–H and O–H groups in total. The molecule has 0 aliphatic carbocycles. The first-order chi connectivity index (χ1) is 12.0. The Bertz CT molecular complexity index is 902. The summed E-state index contributed by atoms with van der Waals surface area (Å²) in [5, 5.41) is 5.77. The number of aryl methyl sites for hydroxylation is 2. The number of hydrogen-bond donors (Lipinski definition) is 1. The van der Waals surface area contributed by atoms with E-state index in [1.165, 1.54) is 16.9 Å². The van der Waals surface area contributed by atoms with Gasteiger partial charge in [-0.1, -0.05) is 29.8 Å². The minimum Gasteiger partial charge on any atom is -0.497 e. The average Bonchev–Trinajstić information content (AvgIpc) is 3.06. The number of carbonyl (C=O) groups excluding carboxylic acids is 1. The average molecular weight is 352 g/mol. The van der Waals surface area contributed by atoms with Crippen LogP contribution in [0.1, 0.15) is 16.8 Å². The van der Waals surface area contributed by atoms with Gasteiger partial charge in [0.05, 0.1) is 19.2 Å². The predicted molar refractivity (Wildman–Crippen MR) is 102 cm³/mol. The van der Waals surface area contributed by atoms with E-state index >= 15 is 0 Å². The second-order valence-electron chi connectivity index (χ2n) is 5.92. The van der Waals surface area contributed by atoms with Gasteiger partial charge in [0.15, 0.2) is 0 Å². The van der Waals surface area contributed by atoms with Gasteiger partial charge in [-0.05, 0) is 37.6 Å². The smallest absolute Gasteiger partial charge is 0.230 e. The summed E-state index contributed by atoms with van der Waals surface area (Å²) >= 11 is 1.53. The van der Waals surface area contributed by atoms with Crippen molar-refractivity contribution < 1.29 is 9.53 Å². The van der Waals surface area contributed by atoms with Crippen molar-refractivity contribution in [2.75, 3.05) is 12.4 Å². The van der Waals surface area contributed by atoms with E-state index in [0.29, 0.717) is 0 Å². The topological polar surface area (TPSA) is 51.2 Å². The molecule has 0 unspecified atom stereocenters. The Morgan fingerprint density at radius 2 is 2.04 bits per heavy atom. The quantitative estimate of drug-likeness (QED) is 0.729. The standard InChI is InChI=1S/C20H20N2O2S/c1-13-7-8-18(14(2)9-13)22-19(23)11-16-12-25-20(21-16)15-5-4-6-17(10-15)24-3/h4-10,12H,11H2,1-3H3,(H,22,23). The van der Waals surface area contributed by atoms with Crippen LogP contribution in [0.15, 0.2) is 47.8 Å². The predicted octanol–water partition coefficient (Wildman–Crippen LogP) is 4.62. The van der Waals surface area contributed by atoms with Crippen molar-refractivity contribution in [2.45, 2.75) is 20.3 Å². The molecule has 0 atom stereocenters. The van der Waals surface area contributed by atoms with Crippen LogP contribution in [-0.4, -0.2) is 18.0 Å². The van der Waals surface area contributed by atoms with Crippen LogP contribution in [0.2, 0.25) is 0 Å². The number of carbonyl (C=O) groups is 1. The molecule has 2 aromatic carbocycles. The van der Waals surface area contributed by atoms with E-state index in [0.717, 1.165) is 33.3 Å². The van der Waals surface area contributed by atoms with Crippen molar-refractivity contribution >= 4 is 22.9 Å². The van der Waals surface area contributed by atoms with Crippen molar-refractivity contribution in [1.82, 2.24) is 4.98 Å². The molecule has 0 radical (unpaired) electrons. The fourth-order valence-electron chi connectivity index (χ4n) is 2.59. The third kappa shape index (κ3) is 4.25. The lowest BCUT2D eigenvalue weighted by atomic mass is 10.1. The second kappa shape index (κ2) is 7.49. The number of rotatable bonds is 5. The molecule has 0 fully saturated rings. The first-order valence-corrected chi connectivity index (χ1v) is 8.89. The van der Waals surface area contributed by atoms with E-state index in [4.69, 9.17) is 4.74 Å². The van der Waals surface area contributed by atoms with E-state index in [9.17, 15) is 4.79 Å². The van der Waals surface area contributed by atoms with Crippen LogP contribution in [0, 0.1) is 13.8 Å². The molecule has 1 heterocycles. The van der Waals surface area contributed by atoms with Crippen LogP contribution < -0.4 is 10.1 Å². The number of ether oxygens (including phenoxy) is 1. The molecule has 0 saturated carbocycles. The van der Waals surface area contributed by atoms with Crippen LogP contribution in [0.3, 0.4) is 0 Å². The Hall–Kier alpha value is -2.66. The molecular formula is C20H20N2O2S. The van der Waals surface area contributed by atoms with E-state index < -0.39 is 0 Å². The number of benzene rings is 2. The Morgan fingerprint density at radius 3 is 2.80 bits per heavy atom. The van der Waals surface area contributed by atoms with Gasteiger partial charge in [-0.3, -0.25) is 4.79 Å². The monoisotopic (exact) mass is 352 g/mol. The lowest BCUT2D eigenvalue weighted by molar-refractivity contribution is -0.115. The molecule has 0 bridgehead atoms. The zero-order chi connectivity index (χ0) is 17.8. The zero-order valence-electron chi connectivity index (χ0n) is 14.5. The summed E-state index contributed by atoms with van der Waals surface area (Å²) < 4.78 is 5.25. The van der Waals surface area contributed by atoms with Gasteiger partial charge in [-0.25, -0.2) is 4.98 Å². The maximum atomic E-state index is 12.3. The van der Waals surface area contributed by atoms with Crippen LogP contribution in [0.4, 0.5) is 5.69 Å². The molecule has 3 aromatic rings. The molecule has 4 nitrogen and oxygen atoms in total. The van der Waals surface area contributed by atoms with Crippen LogP contribution in [0.5, 0.6) is 5.75 Å². The Balaban J connectivity index is 1.69. The molecule has 25 heavy (non-hydrogen) atoms. The number of nitrogens with one attached hydrogen (secondary N) is 1. The molecule has 1 aromatic heterocycles. The molecule has 0 saturated heterocycles. The third-order valence-corrected chi connectivity index (χ3v) is 4.81. The number of hydrogen-bond acceptors (Lipinski definition) is 4. The van der Waals surface area contributed by atoms with Crippen molar-refractivity contribution in [3.8, 4) is 16.3 Å². The molecular weight excluding hydrogens is 332 g/mol. The number of amides is 1. The number of methoxy groups -OCH3 is 1. The Labute approximate surface area is 151 Å². The normalized spacial score (nSPS) is 10.5. The van der Waals surface area contributed by atoms with Gasteiger partial charge in [0, 0.05) is 16.6 Å². The Morgan fingerprint density at radius 1 is 1.20 bits per heavy atom. The number of anilines is 1. The number of nitrogens with zero attached hydrogens (tertiary/aromatic N) is 1. The van der Waals surface area contributed by atoms with Crippen LogP contribution >= 0.6 is 11.3 Å². The summed E-state index contributed by atoms with van der Waals surface area (Å²) in [5.74, 6) is 0.733. The second-order valence-corrected chi connectivity index (χ2v) is 6.78.